The van der Waals surface area contributed by atoms with Crippen LogP contribution >= 0.6 is 0 Å². The summed E-state index contributed by atoms with van der Waals surface area (Å²) in [6.07, 6.45) is 4.07. The van der Waals surface area contributed by atoms with Gasteiger partial charge in [0.1, 0.15) is 0 Å². The maximum Gasteiger partial charge on any atom is 0.191 e. The van der Waals surface area contributed by atoms with Crippen LogP contribution < -0.4 is 10.6 Å². The van der Waals surface area contributed by atoms with Gasteiger partial charge in [0.25, 0.3) is 0 Å². The van der Waals surface area contributed by atoms with Gasteiger partial charge in [-0.25, -0.2) is 0 Å². The van der Waals surface area contributed by atoms with Gasteiger partial charge in [0.2, 0.25) is 0 Å². The molecule has 1 aliphatic heterocycles. The van der Waals surface area contributed by atoms with Crippen LogP contribution in [0.2, 0.25) is 0 Å². The van der Waals surface area contributed by atoms with E-state index in [1.165, 1.54) is 54.6 Å². The third-order valence-electron chi connectivity index (χ3n) is 5.61. The van der Waals surface area contributed by atoms with Gasteiger partial charge in [-0.05, 0) is 62.3 Å². The summed E-state index contributed by atoms with van der Waals surface area (Å²) in [5.41, 5.74) is 5.32. The standard InChI is InChI=1S/C25H37N5/c1-26-25(28-18-23-9-5-6-10-24(23)20-29(2)3)27-17-21-11-13-22(14-12-21)19-30-15-7-4-8-16-30/h5-6,9-14H,4,7-8,15-20H2,1-3H3,(H2,26,27,28). The first-order valence-corrected chi connectivity index (χ1v) is 11.1. The van der Waals surface area contributed by atoms with Crippen molar-refractivity contribution in [1.82, 2.24) is 20.4 Å². The number of benzene rings is 2. The Kier molecular flexibility index (Phi) is 8.72. The number of piperidine rings is 1. The normalized spacial score (nSPS) is 15.4. The highest BCUT2D eigenvalue weighted by atomic mass is 15.2. The first-order chi connectivity index (χ1) is 14.6. The molecule has 2 aromatic rings. The number of hydrogen-bond donors (Lipinski definition) is 2. The summed E-state index contributed by atoms with van der Waals surface area (Å²) >= 11 is 0. The Bertz CT molecular complexity index is 791. The maximum absolute atomic E-state index is 4.38. The van der Waals surface area contributed by atoms with Crippen molar-refractivity contribution in [3.05, 3.63) is 70.8 Å². The van der Waals surface area contributed by atoms with Crippen LogP contribution in [0.1, 0.15) is 41.5 Å². The molecule has 1 saturated heterocycles. The number of rotatable bonds is 8. The lowest BCUT2D eigenvalue weighted by molar-refractivity contribution is 0.221. The van der Waals surface area contributed by atoms with E-state index in [1.807, 2.05) is 7.05 Å². The quantitative estimate of drug-likeness (QED) is 0.518. The van der Waals surface area contributed by atoms with Crippen LogP contribution in [0.15, 0.2) is 53.5 Å². The minimum atomic E-state index is 0.762. The van der Waals surface area contributed by atoms with Crippen LogP contribution in [0.5, 0.6) is 0 Å². The molecule has 0 aromatic heterocycles. The lowest BCUT2D eigenvalue weighted by Crippen LogP contribution is -2.36. The fraction of sp³-hybridized carbons (Fsp3) is 0.480. The molecule has 3 rings (SSSR count). The van der Waals surface area contributed by atoms with E-state index in [4.69, 9.17) is 0 Å². The number of hydrogen-bond acceptors (Lipinski definition) is 3. The minimum absolute atomic E-state index is 0.762. The van der Waals surface area contributed by atoms with Crippen molar-refractivity contribution < 1.29 is 0 Å². The topological polar surface area (TPSA) is 42.9 Å². The molecule has 0 unspecified atom stereocenters. The monoisotopic (exact) mass is 407 g/mol. The predicted octanol–water partition coefficient (Wildman–Crippen LogP) is 3.60. The molecule has 0 spiro atoms. The second kappa shape index (κ2) is 11.7. The zero-order valence-electron chi connectivity index (χ0n) is 18.8. The zero-order valence-corrected chi connectivity index (χ0v) is 18.8. The predicted molar refractivity (Wildman–Crippen MR) is 126 cm³/mol. The molecule has 5 heteroatoms. The van der Waals surface area contributed by atoms with Gasteiger partial charge in [0.05, 0.1) is 0 Å². The summed E-state index contributed by atoms with van der Waals surface area (Å²) in [6.45, 7) is 6.02. The Morgan fingerprint density at radius 2 is 1.50 bits per heavy atom. The van der Waals surface area contributed by atoms with Gasteiger partial charge >= 0.3 is 0 Å². The van der Waals surface area contributed by atoms with Crippen LogP contribution in [-0.2, 0) is 26.2 Å². The lowest BCUT2D eigenvalue weighted by atomic mass is 10.1. The fourth-order valence-corrected chi connectivity index (χ4v) is 3.95. The first-order valence-electron chi connectivity index (χ1n) is 11.1. The Labute approximate surface area is 182 Å². The first kappa shape index (κ1) is 22.3. The van der Waals surface area contributed by atoms with E-state index in [2.05, 4.69) is 88.1 Å². The van der Waals surface area contributed by atoms with Crippen LogP contribution in [0, 0.1) is 0 Å². The second-order valence-corrected chi connectivity index (χ2v) is 8.44. The van der Waals surface area contributed by atoms with E-state index in [0.29, 0.717) is 0 Å². The number of nitrogens with zero attached hydrogens (tertiary/aromatic N) is 3. The molecular formula is C25H37N5. The van der Waals surface area contributed by atoms with Gasteiger partial charge in [-0.1, -0.05) is 55.0 Å². The van der Waals surface area contributed by atoms with E-state index in [9.17, 15) is 0 Å². The van der Waals surface area contributed by atoms with E-state index < -0.39 is 0 Å². The van der Waals surface area contributed by atoms with Crippen molar-refractivity contribution in [1.29, 1.82) is 0 Å². The second-order valence-electron chi connectivity index (χ2n) is 8.44. The SMILES string of the molecule is CN=C(NCc1ccc(CN2CCCCC2)cc1)NCc1ccccc1CN(C)C. The number of likely N-dealkylation sites (tertiary alicyclic amines) is 1. The highest BCUT2D eigenvalue weighted by Crippen LogP contribution is 2.14. The van der Waals surface area contributed by atoms with Crippen LogP contribution in [0.4, 0.5) is 0 Å². The smallest absolute Gasteiger partial charge is 0.191 e. The summed E-state index contributed by atoms with van der Waals surface area (Å²) in [5.74, 6) is 0.826. The van der Waals surface area contributed by atoms with Crippen LogP contribution in [-0.4, -0.2) is 50.0 Å². The molecule has 30 heavy (non-hydrogen) atoms. The molecule has 2 aromatic carbocycles. The Morgan fingerprint density at radius 1 is 0.867 bits per heavy atom. The van der Waals surface area contributed by atoms with Crippen molar-refractivity contribution in [3.8, 4) is 0 Å². The summed E-state index contributed by atoms with van der Waals surface area (Å²) < 4.78 is 0. The van der Waals surface area contributed by atoms with E-state index in [1.54, 1.807) is 0 Å². The molecule has 0 amide bonds. The Morgan fingerprint density at radius 3 is 2.17 bits per heavy atom. The maximum atomic E-state index is 4.38. The van der Waals surface area contributed by atoms with Gasteiger partial charge in [0, 0.05) is 33.2 Å². The summed E-state index contributed by atoms with van der Waals surface area (Å²) in [6, 6.07) is 17.6. The molecule has 0 saturated carbocycles. The summed E-state index contributed by atoms with van der Waals surface area (Å²) in [5, 5.41) is 6.88. The summed E-state index contributed by atoms with van der Waals surface area (Å²) in [4.78, 5) is 9.14. The fourth-order valence-electron chi connectivity index (χ4n) is 3.95. The molecule has 1 fully saturated rings. The number of guanidine groups is 1. The Balaban J connectivity index is 1.47. The molecule has 162 valence electrons. The number of nitrogens with one attached hydrogen (secondary N) is 2. The average molecular weight is 408 g/mol. The molecule has 0 atom stereocenters. The van der Waals surface area contributed by atoms with Gasteiger partial charge < -0.3 is 15.5 Å². The van der Waals surface area contributed by atoms with Gasteiger partial charge in [-0.2, -0.15) is 0 Å². The molecule has 0 radical (unpaired) electrons. The highest BCUT2D eigenvalue weighted by molar-refractivity contribution is 5.79. The van der Waals surface area contributed by atoms with Crippen molar-refractivity contribution >= 4 is 5.96 Å². The van der Waals surface area contributed by atoms with Gasteiger partial charge in [0.15, 0.2) is 5.96 Å². The van der Waals surface area contributed by atoms with Crippen LogP contribution in [0.25, 0.3) is 0 Å². The van der Waals surface area contributed by atoms with Crippen molar-refractivity contribution in [2.75, 3.05) is 34.2 Å². The van der Waals surface area contributed by atoms with Crippen molar-refractivity contribution in [2.24, 2.45) is 4.99 Å². The molecule has 0 aliphatic carbocycles. The molecule has 5 nitrogen and oxygen atoms in total. The van der Waals surface area contributed by atoms with E-state index in [-0.39, 0.29) is 0 Å². The molecule has 2 N–H and O–H groups in total. The molecule has 1 heterocycles. The highest BCUT2D eigenvalue weighted by Gasteiger charge is 2.10. The molecular weight excluding hydrogens is 370 g/mol. The lowest BCUT2D eigenvalue weighted by Gasteiger charge is -2.26. The molecule has 0 bridgehead atoms. The zero-order chi connectivity index (χ0) is 21.2. The number of aliphatic imine (C=N–C) groups is 1. The average Bonchev–Trinajstić information content (AvgIpc) is 2.76. The van der Waals surface area contributed by atoms with Gasteiger partial charge in [-0.15, -0.1) is 0 Å². The largest absolute Gasteiger partial charge is 0.352 e. The van der Waals surface area contributed by atoms with Gasteiger partial charge in [-0.3, -0.25) is 9.89 Å². The summed E-state index contributed by atoms with van der Waals surface area (Å²) in [7, 11) is 6.02. The third-order valence-corrected chi connectivity index (χ3v) is 5.61. The third kappa shape index (κ3) is 7.15. The van der Waals surface area contributed by atoms with E-state index in [0.717, 1.165) is 32.1 Å². The van der Waals surface area contributed by atoms with Crippen molar-refractivity contribution in [3.63, 3.8) is 0 Å². The minimum Gasteiger partial charge on any atom is -0.352 e. The van der Waals surface area contributed by atoms with Crippen molar-refractivity contribution in [2.45, 2.75) is 45.4 Å². The molecule has 1 aliphatic rings. The van der Waals surface area contributed by atoms with E-state index >= 15 is 0 Å². The van der Waals surface area contributed by atoms with Crippen LogP contribution in [0.3, 0.4) is 0 Å². The Hall–Kier alpha value is -2.37.